The summed E-state index contributed by atoms with van der Waals surface area (Å²) >= 11 is 11.8. The second-order valence-corrected chi connectivity index (χ2v) is 7.59. The highest BCUT2D eigenvalue weighted by Crippen LogP contribution is 2.54. The highest BCUT2D eigenvalue weighted by molar-refractivity contribution is 6.34. The van der Waals surface area contributed by atoms with Crippen LogP contribution in [0.4, 0.5) is 13.2 Å². The van der Waals surface area contributed by atoms with Gasteiger partial charge in [-0.3, -0.25) is 4.84 Å². The Morgan fingerprint density at radius 2 is 1.82 bits per heavy atom. The number of aromatic carboxylic acids is 1. The molecule has 3 rings (SSSR count). The van der Waals surface area contributed by atoms with Crippen molar-refractivity contribution in [1.29, 1.82) is 0 Å². The molecule has 4 nitrogen and oxygen atoms in total. The van der Waals surface area contributed by atoms with Crippen LogP contribution in [-0.2, 0) is 10.4 Å². The highest BCUT2D eigenvalue weighted by Gasteiger charge is 2.63. The van der Waals surface area contributed by atoms with E-state index in [1.807, 2.05) is 0 Å². The zero-order valence-corrected chi connectivity index (χ0v) is 16.4. The molecular formula is C19H16Cl2F3NO3. The van der Waals surface area contributed by atoms with E-state index in [0.29, 0.717) is 11.1 Å². The average molecular weight is 434 g/mol. The number of halogens is 5. The third-order valence-electron chi connectivity index (χ3n) is 4.87. The Balaban J connectivity index is 2.07. The lowest BCUT2D eigenvalue weighted by molar-refractivity contribution is -0.322. The van der Waals surface area contributed by atoms with Gasteiger partial charge in [-0.15, -0.1) is 0 Å². The number of alkyl halides is 3. The smallest absolute Gasteiger partial charge is 0.423 e. The van der Waals surface area contributed by atoms with Crippen LogP contribution in [0.3, 0.4) is 0 Å². The molecule has 2 unspecified atom stereocenters. The molecule has 0 saturated carbocycles. The van der Waals surface area contributed by atoms with Crippen LogP contribution >= 0.6 is 23.2 Å². The summed E-state index contributed by atoms with van der Waals surface area (Å²) in [4.78, 5) is 16.6. The first-order chi connectivity index (χ1) is 12.9. The third kappa shape index (κ3) is 3.59. The molecule has 0 amide bonds. The zero-order valence-electron chi connectivity index (χ0n) is 14.8. The topological polar surface area (TPSA) is 49.8 Å². The first kappa shape index (κ1) is 20.9. The predicted octanol–water partition coefficient (Wildman–Crippen LogP) is 5.77. The van der Waals surface area contributed by atoms with Crippen molar-refractivity contribution in [1.82, 2.24) is 5.06 Å². The molecule has 1 heterocycles. The van der Waals surface area contributed by atoms with E-state index in [-0.39, 0.29) is 21.2 Å². The minimum atomic E-state index is -4.74. The molecule has 9 heteroatoms. The Morgan fingerprint density at radius 1 is 1.21 bits per heavy atom. The summed E-state index contributed by atoms with van der Waals surface area (Å²) in [6.45, 7) is 1.59. The van der Waals surface area contributed by atoms with E-state index in [2.05, 4.69) is 0 Å². The molecule has 2 aromatic rings. The lowest BCUT2D eigenvalue weighted by atomic mass is 9.85. The number of nitrogens with zero attached hydrogens (tertiary/aromatic N) is 1. The zero-order chi connectivity index (χ0) is 20.9. The summed E-state index contributed by atoms with van der Waals surface area (Å²) < 4.78 is 42.5. The molecule has 150 valence electrons. The van der Waals surface area contributed by atoms with Crippen molar-refractivity contribution in [3.63, 3.8) is 0 Å². The fourth-order valence-electron chi connectivity index (χ4n) is 3.50. The van der Waals surface area contributed by atoms with Crippen molar-refractivity contribution in [2.45, 2.75) is 31.2 Å². The molecule has 1 N–H and O–H groups in total. The maximum absolute atomic E-state index is 14.2. The predicted molar refractivity (Wildman–Crippen MR) is 98.5 cm³/mol. The van der Waals surface area contributed by atoms with Crippen LogP contribution in [-0.4, -0.2) is 29.4 Å². The molecule has 1 aliphatic rings. The van der Waals surface area contributed by atoms with Crippen molar-refractivity contribution >= 4 is 29.2 Å². The number of hydrogen-bond donors (Lipinski definition) is 1. The molecule has 2 aromatic carbocycles. The van der Waals surface area contributed by atoms with E-state index in [1.165, 1.54) is 37.4 Å². The number of carboxylic acid groups (broad SMARTS) is 1. The van der Waals surface area contributed by atoms with Crippen LogP contribution in [0.15, 0.2) is 36.4 Å². The number of aryl methyl sites for hydroxylation is 1. The number of rotatable bonds is 3. The van der Waals surface area contributed by atoms with Crippen molar-refractivity contribution in [3.05, 3.63) is 68.7 Å². The quantitative estimate of drug-likeness (QED) is 0.667. The minimum absolute atomic E-state index is 0.0717. The second kappa shape index (κ2) is 7.22. The largest absolute Gasteiger partial charge is 0.478 e. The third-order valence-corrected chi connectivity index (χ3v) is 5.31. The number of hydrogen-bond acceptors (Lipinski definition) is 3. The first-order valence-electron chi connectivity index (χ1n) is 8.24. The fourth-order valence-corrected chi connectivity index (χ4v) is 4.02. The molecule has 0 spiro atoms. The average Bonchev–Trinajstić information content (AvgIpc) is 2.92. The maximum Gasteiger partial charge on any atom is 0.423 e. The summed E-state index contributed by atoms with van der Waals surface area (Å²) in [6, 6.07) is 7.42. The van der Waals surface area contributed by atoms with Gasteiger partial charge in [0, 0.05) is 23.5 Å². The molecule has 0 bridgehead atoms. The van der Waals surface area contributed by atoms with Gasteiger partial charge in [-0.1, -0.05) is 35.3 Å². The minimum Gasteiger partial charge on any atom is -0.478 e. The Hall–Kier alpha value is -1.80. The molecule has 0 aliphatic carbocycles. The number of benzene rings is 2. The number of carboxylic acids is 1. The normalized spacial score (nSPS) is 23.2. The number of carbonyl (C=O) groups is 1. The molecule has 28 heavy (non-hydrogen) atoms. The van der Waals surface area contributed by atoms with E-state index in [1.54, 1.807) is 13.0 Å². The Labute approximate surface area is 169 Å². The second-order valence-electron chi connectivity index (χ2n) is 6.72. The van der Waals surface area contributed by atoms with Gasteiger partial charge in [-0.05, 0) is 47.9 Å². The summed E-state index contributed by atoms with van der Waals surface area (Å²) in [6.07, 6.45) is -5.17. The van der Waals surface area contributed by atoms with Crippen LogP contribution in [0.1, 0.15) is 39.5 Å². The van der Waals surface area contributed by atoms with Gasteiger partial charge < -0.3 is 5.11 Å². The number of hydroxylamine groups is 2. The monoisotopic (exact) mass is 433 g/mol. The van der Waals surface area contributed by atoms with Gasteiger partial charge in [-0.2, -0.15) is 18.2 Å². The first-order valence-corrected chi connectivity index (χ1v) is 8.99. The van der Waals surface area contributed by atoms with E-state index in [9.17, 15) is 18.0 Å². The molecule has 2 atom stereocenters. The van der Waals surface area contributed by atoms with Crippen LogP contribution in [0.5, 0.6) is 0 Å². The van der Waals surface area contributed by atoms with Crippen LogP contribution in [0.2, 0.25) is 10.0 Å². The van der Waals surface area contributed by atoms with Gasteiger partial charge in [0.1, 0.15) is 0 Å². The van der Waals surface area contributed by atoms with Gasteiger partial charge in [0.2, 0.25) is 5.60 Å². The lowest BCUT2D eigenvalue weighted by Gasteiger charge is -2.31. The van der Waals surface area contributed by atoms with E-state index >= 15 is 0 Å². The van der Waals surface area contributed by atoms with Crippen molar-refractivity contribution in [2.24, 2.45) is 0 Å². The van der Waals surface area contributed by atoms with Gasteiger partial charge in [-0.25, -0.2) is 4.79 Å². The SMILES string of the molecule is Cc1cc(C2CC(c3cc(Cl)cc(Cl)c3)(C(F)(F)F)ON2C)ccc1C(=O)O. The molecule has 1 saturated heterocycles. The van der Waals surface area contributed by atoms with Crippen LogP contribution < -0.4 is 0 Å². The summed E-state index contributed by atoms with van der Waals surface area (Å²) in [5, 5.41) is 10.4. The summed E-state index contributed by atoms with van der Waals surface area (Å²) in [5.41, 5.74) is -1.75. The highest BCUT2D eigenvalue weighted by atomic mass is 35.5. The Kier molecular flexibility index (Phi) is 5.40. The van der Waals surface area contributed by atoms with E-state index in [4.69, 9.17) is 33.1 Å². The van der Waals surface area contributed by atoms with Crippen LogP contribution in [0.25, 0.3) is 0 Å². The summed E-state index contributed by atoms with van der Waals surface area (Å²) in [5.74, 6) is -1.10. The van der Waals surface area contributed by atoms with Crippen molar-refractivity contribution < 1.29 is 27.9 Å². The lowest BCUT2D eigenvalue weighted by Crippen LogP contribution is -2.42. The van der Waals surface area contributed by atoms with Gasteiger partial charge in [0.05, 0.1) is 11.6 Å². The molecule has 0 radical (unpaired) electrons. The Bertz CT molecular complexity index is 915. The molecule has 0 aromatic heterocycles. The van der Waals surface area contributed by atoms with Gasteiger partial charge in [0.25, 0.3) is 0 Å². The summed E-state index contributed by atoms with van der Waals surface area (Å²) in [7, 11) is 1.41. The van der Waals surface area contributed by atoms with E-state index < -0.39 is 30.2 Å². The Morgan fingerprint density at radius 3 is 2.32 bits per heavy atom. The molecular weight excluding hydrogens is 418 g/mol. The van der Waals surface area contributed by atoms with E-state index in [0.717, 1.165) is 5.06 Å². The van der Waals surface area contributed by atoms with Crippen LogP contribution in [0, 0.1) is 6.92 Å². The van der Waals surface area contributed by atoms with Gasteiger partial charge in [0.15, 0.2) is 0 Å². The maximum atomic E-state index is 14.2. The standard InChI is InChI=1S/C19H16Cl2F3NO3/c1-10-5-11(3-4-15(10)17(26)27)16-9-18(19(22,23)24,28-25(16)2)12-6-13(20)8-14(21)7-12/h3-8,16H,9H2,1-2H3,(H,26,27). The van der Waals surface area contributed by atoms with Gasteiger partial charge >= 0.3 is 12.1 Å². The van der Waals surface area contributed by atoms with Crippen molar-refractivity contribution in [3.8, 4) is 0 Å². The fraction of sp³-hybridized carbons (Fsp3) is 0.316. The molecule has 1 fully saturated rings. The molecule has 1 aliphatic heterocycles. The van der Waals surface area contributed by atoms with Crippen molar-refractivity contribution in [2.75, 3.05) is 7.05 Å².